The molecular formula is C19H17F4NO3. The Morgan fingerprint density at radius 2 is 1.89 bits per heavy atom. The van der Waals surface area contributed by atoms with Gasteiger partial charge in [0, 0.05) is 18.2 Å². The molecule has 0 fully saturated rings. The van der Waals surface area contributed by atoms with Crippen LogP contribution in [0.15, 0.2) is 30.5 Å². The monoisotopic (exact) mass is 383 g/mol. The van der Waals surface area contributed by atoms with Crippen LogP contribution in [0.1, 0.15) is 36.1 Å². The molecule has 27 heavy (non-hydrogen) atoms. The molecule has 2 atom stereocenters. The van der Waals surface area contributed by atoms with Crippen LogP contribution in [0.25, 0.3) is 0 Å². The van der Waals surface area contributed by atoms with Gasteiger partial charge in [0.05, 0.1) is 12.3 Å². The Morgan fingerprint density at radius 3 is 2.59 bits per heavy atom. The van der Waals surface area contributed by atoms with Gasteiger partial charge in [-0.15, -0.1) is 0 Å². The SMILES string of the molecule is O=C(CCc1ccc(F)c(F)c1F)[C@]1(F)CC[C@](O)(CO)c2ncccc21. The number of carbonyl (C=O) groups excluding carboxylic acids is 1. The van der Waals surface area contributed by atoms with Gasteiger partial charge in [0.1, 0.15) is 5.60 Å². The Labute approximate surface area is 152 Å². The van der Waals surface area contributed by atoms with E-state index in [4.69, 9.17) is 0 Å². The summed E-state index contributed by atoms with van der Waals surface area (Å²) in [7, 11) is 0. The maximum atomic E-state index is 15.6. The van der Waals surface area contributed by atoms with Crippen LogP contribution < -0.4 is 0 Å². The first kappa shape index (κ1) is 19.4. The number of fused-ring (bicyclic) bond motifs is 1. The number of pyridine rings is 1. The molecule has 0 unspecified atom stereocenters. The third kappa shape index (κ3) is 3.23. The molecule has 2 N–H and O–H groups in total. The van der Waals surface area contributed by atoms with Gasteiger partial charge in [-0.3, -0.25) is 9.78 Å². The molecule has 1 aliphatic carbocycles. The second kappa shape index (κ2) is 7.01. The van der Waals surface area contributed by atoms with E-state index in [1.807, 2.05) is 0 Å². The van der Waals surface area contributed by atoms with E-state index in [1.54, 1.807) is 0 Å². The Kier molecular flexibility index (Phi) is 5.05. The lowest BCUT2D eigenvalue weighted by molar-refractivity contribution is -0.135. The third-order valence-electron chi connectivity index (χ3n) is 5.00. The van der Waals surface area contributed by atoms with Crippen LogP contribution in [0.2, 0.25) is 0 Å². The number of aliphatic hydroxyl groups excluding tert-OH is 1. The number of rotatable bonds is 5. The van der Waals surface area contributed by atoms with Gasteiger partial charge in [-0.1, -0.05) is 12.1 Å². The number of ketones is 1. The largest absolute Gasteiger partial charge is 0.393 e. The summed E-state index contributed by atoms with van der Waals surface area (Å²) < 4.78 is 55.6. The van der Waals surface area contributed by atoms with Crippen molar-refractivity contribution in [2.24, 2.45) is 0 Å². The first-order valence-corrected chi connectivity index (χ1v) is 8.37. The Morgan fingerprint density at radius 1 is 1.15 bits per heavy atom. The normalized spacial score (nSPS) is 24.5. The summed E-state index contributed by atoms with van der Waals surface area (Å²) in [4.78, 5) is 16.5. The minimum atomic E-state index is -2.47. The number of benzene rings is 1. The number of aromatic nitrogens is 1. The molecule has 0 spiro atoms. The van der Waals surface area contributed by atoms with Crippen LogP contribution in [0, 0.1) is 17.5 Å². The molecule has 0 saturated heterocycles. The van der Waals surface area contributed by atoms with Crippen molar-refractivity contribution in [2.75, 3.05) is 6.61 Å². The smallest absolute Gasteiger partial charge is 0.195 e. The van der Waals surface area contributed by atoms with Gasteiger partial charge in [0.15, 0.2) is 28.9 Å². The zero-order valence-corrected chi connectivity index (χ0v) is 14.2. The fraction of sp³-hybridized carbons (Fsp3) is 0.368. The first-order valence-electron chi connectivity index (χ1n) is 8.37. The van der Waals surface area contributed by atoms with Crippen LogP contribution in [-0.2, 0) is 22.5 Å². The Bertz CT molecular complexity index is 891. The predicted octanol–water partition coefficient (Wildman–Crippen LogP) is 2.84. The molecule has 0 aliphatic heterocycles. The van der Waals surface area contributed by atoms with Crippen LogP contribution in [0.3, 0.4) is 0 Å². The summed E-state index contributed by atoms with van der Waals surface area (Å²) in [6.45, 7) is -0.679. The standard InChI is InChI=1S/C19H17F4NO3/c20-13-5-3-11(15(21)16(13)22)4-6-14(26)19(23)8-7-18(27,10-25)17-12(19)2-1-9-24-17/h1-3,5,9,25,27H,4,6-8,10H2/t18-,19-/m0/s1. The van der Waals surface area contributed by atoms with Gasteiger partial charge < -0.3 is 10.2 Å². The summed E-state index contributed by atoms with van der Waals surface area (Å²) >= 11 is 0. The van der Waals surface area contributed by atoms with Gasteiger partial charge in [0.2, 0.25) is 0 Å². The summed E-state index contributed by atoms with van der Waals surface area (Å²) in [5, 5.41) is 19.9. The van der Waals surface area contributed by atoms with E-state index in [0.29, 0.717) is 0 Å². The molecule has 0 saturated carbocycles. The lowest BCUT2D eigenvalue weighted by Crippen LogP contribution is -2.45. The zero-order valence-electron chi connectivity index (χ0n) is 14.2. The van der Waals surface area contributed by atoms with Crippen LogP contribution >= 0.6 is 0 Å². The van der Waals surface area contributed by atoms with Crippen LogP contribution in [-0.4, -0.2) is 27.6 Å². The average molecular weight is 383 g/mol. The van der Waals surface area contributed by atoms with Gasteiger partial charge in [-0.25, -0.2) is 17.6 Å². The van der Waals surface area contributed by atoms with Gasteiger partial charge >= 0.3 is 0 Å². The number of carbonyl (C=O) groups is 1. The van der Waals surface area contributed by atoms with E-state index in [1.165, 1.54) is 18.3 Å². The second-order valence-corrected chi connectivity index (χ2v) is 6.65. The van der Waals surface area contributed by atoms with Crippen molar-refractivity contribution in [2.45, 2.75) is 37.0 Å². The van der Waals surface area contributed by atoms with Crippen LogP contribution in [0.5, 0.6) is 0 Å². The quantitative estimate of drug-likeness (QED) is 0.615. The van der Waals surface area contributed by atoms with Crippen molar-refractivity contribution in [3.63, 3.8) is 0 Å². The number of aliphatic hydroxyl groups is 2. The van der Waals surface area contributed by atoms with E-state index in [9.17, 15) is 28.2 Å². The molecule has 1 aromatic carbocycles. The summed E-state index contributed by atoms with van der Waals surface area (Å²) in [5.41, 5.74) is -4.73. The van der Waals surface area contributed by atoms with Gasteiger partial charge in [-0.05, 0) is 37.0 Å². The fourth-order valence-corrected chi connectivity index (χ4v) is 3.38. The topological polar surface area (TPSA) is 70.4 Å². The maximum absolute atomic E-state index is 15.6. The van der Waals surface area contributed by atoms with E-state index in [-0.39, 0.29) is 36.1 Å². The van der Waals surface area contributed by atoms with Gasteiger partial charge in [0.25, 0.3) is 0 Å². The molecule has 2 aromatic rings. The Balaban J connectivity index is 1.87. The van der Waals surface area contributed by atoms with Crippen LogP contribution in [0.4, 0.5) is 17.6 Å². The van der Waals surface area contributed by atoms with Crippen molar-refractivity contribution in [3.8, 4) is 0 Å². The van der Waals surface area contributed by atoms with Crippen molar-refractivity contribution >= 4 is 5.78 Å². The molecule has 4 nitrogen and oxygen atoms in total. The number of alkyl halides is 1. The molecule has 1 heterocycles. The summed E-state index contributed by atoms with van der Waals surface area (Å²) in [6.07, 6.45) is -0.0682. The lowest BCUT2D eigenvalue weighted by Gasteiger charge is -2.38. The number of aryl methyl sites for hydroxylation is 1. The first-order chi connectivity index (χ1) is 12.7. The molecule has 0 bridgehead atoms. The molecule has 0 radical (unpaired) electrons. The molecule has 144 valence electrons. The number of Topliss-reactive ketones (excluding diaryl/α,β-unsaturated/α-hetero) is 1. The van der Waals surface area contributed by atoms with Crippen molar-refractivity contribution in [1.29, 1.82) is 0 Å². The molecule has 1 aliphatic rings. The van der Waals surface area contributed by atoms with E-state index < -0.39 is 47.5 Å². The van der Waals surface area contributed by atoms with Crippen molar-refractivity contribution < 1.29 is 32.6 Å². The molecule has 0 amide bonds. The number of hydrogen-bond donors (Lipinski definition) is 2. The van der Waals surface area contributed by atoms with Crippen molar-refractivity contribution in [1.82, 2.24) is 4.98 Å². The van der Waals surface area contributed by atoms with E-state index in [2.05, 4.69) is 4.98 Å². The van der Waals surface area contributed by atoms with E-state index in [0.717, 1.165) is 12.1 Å². The summed E-state index contributed by atoms with van der Waals surface area (Å²) in [6, 6.07) is 4.45. The van der Waals surface area contributed by atoms with Crippen molar-refractivity contribution in [3.05, 3.63) is 64.7 Å². The molecule has 1 aromatic heterocycles. The predicted molar refractivity (Wildman–Crippen MR) is 86.9 cm³/mol. The second-order valence-electron chi connectivity index (χ2n) is 6.65. The Hall–Kier alpha value is -2.32. The maximum Gasteiger partial charge on any atom is 0.195 e. The van der Waals surface area contributed by atoms with Gasteiger partial charge in [-0.2, -0.15) is 0 Å². The zero-order chi connectivity index (χ0) is 19.8. The molecular weight excluding hydrogens is 366 g/mol. The number of hydrogen-bond acceptors (Lipinski definition) is 4. The number of nitrogens with zero attached hydrogens (tertiary/aromatic N) is 1. The lowest BCUT2D eigenvalue weighted by atomic mass is 9.72. The van der Waals surface area contributed by atoms with E-state index >= 15 is 4.39 Å². The number of halogens is 4. The minimum Gasteiger partial charge on any atom is -0.393 e. The summed E-state index contributed by atoms with van der Waals surface area (Å²) in [5.74, 6) is -5.29. The highest BCUT2D eigenvalue weighted by Gasteiger charge is 2.51. The molecule has 3 rings (SSSR count). The average Bonchev–Trinajstić information content (AvgIpc) is 2.68. The highest BCUT2D eigenvalue weighted by Crippen LogP contribution is 2.46. The minimum absolute atomic E-state index is 0.117. The molecule has 8 heteroatoms. The highest BCUT2D eigenvalue weighted by molar-refractivity contribution is 5.89. The fourth-order valence-electron chi connectivity index (χ4n) is 3.38. The third-order valence-corrected chi connectivity index (χ3v) is 5.00. The highest BCUT2D eigenvalue weighted by atomic mass is 19.2.